The van der Waals surface area contributed by atoms with Gasteiger partial charge in [0.2, 0.25) is 0 Å². The molecule has 2 aromatic heterocycles. The number of fused-ring (bicyclic) bond motifs is 16. The quantitative estimate of drug-likeness (QED) is 0.132. The fourth-order valence-electron chi connectivity index (χ4n) is 16.3. The van der Waals surface area contributed by atoms with Gasteiger partial charge in [-0.15, -0.1) is 22.7 Å². The molecule has 0 aliphatic carbocycles. The van der Waals surface area contributed by atoms with E-state index in [9.17, 15) is 0 Å². The number of ether oxygens (including phenoxy) is 4. The summed E-state index contributed by atoms with van der Waals surface area (Å²) in [5, 5.41) is 2.22. The minimum Gasteiger partial charge on any atom is -0.458 e. The van der Waals surface area contributed by atoms with Gasteiger partial charge in [-0.25, -0.2) is 0 Å². The molecule has 0 N–H and O–H groups in total. The van der Waals surface area contributed by atoms with Gasteiger partial charge in [0.05, 0.1) is 17.1 Å². The molecule has 6 aliphatic rings. The number of hydrogen-bond acceptors (Lipinski definition) is 11. The van der Waals surface area contributed by atoms with E-state index in [1.165, 1.54) is 29.9 Å². The zero-order valence-corrected chi connectivity index (χ0v) is 54.8. The van der Waals surface area contributed by atoms with Crippen LogP contribution < -0.4 is 91.2 Å². The maximum absolute atomic E-state index is 7.63. The average molecular weight is 1290 g/mol. The van der Waals surface area contributed by atoms with Crippen LogP contribution in [0.1, 0.15) is 0 Å². The Bertz CT molecular complexity index is 5380. The van der Waals surface area contributed by atoms with E-state index in [1.54, 1.807) is 0 Å². The zero-order valence-electron chi connectivity index (χ0n) is 53.1. The molecule has 21 rings (SSSR count). The molecule has 0 unspecified atom stereocenters. The Morgan fingerprint density at radius 2 is 0.571 bits per heavy atom. The Hall–Kier alpha value is -11.8. The van der Waals surface area contributed by atoms with Gasteiger partial charge in [0.25, 0.3) is 20.1 Å². The van der Waals surface area contributed by atoms with Gasteiger partial charge in [0.1, 0.15) is 46.0 Å². The fraction of sp³-hybridized carbons (Fsp3) is 0.0238. The number of para-hydroxylation sites is 6. The number of nitrogens with zero attached hydrogens (tertiary/aromatic N) is 5. The molecule has 13 aromatic carbocycles. The highest BCUT2D eigenvalue weighted by Gasteiger charge is 2.50. The van der Waals surface area contributed by atoms with E-state index >= 15 is 0 Å². The molecule has 460 valence electrons. The molecule has 0 radical (unpaired) electrons. The third-order valence-electron chi connectivity index (χ3n) is 20.6. The molecule has 9 nitrogen and oxygen atoms in total. The maximum atomic E-state index is 7.63. The van der Waals surface area contributed by atoms with Crippen molar-refractivity contribution in [3.05, 3.63) is 291 Å². The van der Waals surface area contributed by atoms with Gasteiger partial charge in [0.15, 0.2) is 0 Å². The molecule has 0 bridgehead atoms. The summed E-state index contributed by atoms with van der Waals surface area (Å²) in [6, 6.07) is 104. The van der Waals surface area contributed by atoms with E-state index in [0.29, 0.717) is 0 Å². The molecule has 15 aromatic rings. The average Bonchev–Trinajstić information content (AvgIpc) is 0.947. The maximum Gasteiger partial charge on any atom is 0.268 e. The molecule has 8 heterocycles. The smallest absolute Gasteiger partial charge is 0.268 e. The zero-order chi connectivity index (χ0) is 64.4. The molecule has 14 heteroatoms. The van der Waals surface area contributed by atoms with Crippen LogP contribution in [0.3, 0.4) is 0 Å². The van der Waals surface area contributed by atoms with Crippen LogP contribution in [0, 0.1) is 0 Å². The summed E-state index contributed by atoms with van der Waals surface area (Å²) in [5.41, 5.74) is 21.2. The molecule has 0 spiro atoms. The van der Waals surface area contributed by atoms with Gasteiger partial charge in [-0.05, 0) is 142 Å². The molecule has 98 heavy (non-hydrogen) atoms. The number of rotatable bonds is 9. The standard InChI is InChI=1S/C84H54B3N5O4S2/c1-88-66-49-70-64(47-62(66)86-78-68(88)41-57(90(51-25-9-3-10-26-51)52-27-11-4-12-28-52)43-72(78)95-81-60-37-21-23-39-76(60)97-83(81)86)85-65-48-63-67(50-71(65)94-75-46-59(45-74(93-70)80(75)85)92(55-33-17-7-18-34-55)56-35-19-8-20-36-56)89(2)69-42-58(91(53-29-13-5-14-30-53)54-31-15-6-16-32-54)44-73-79(69)87(63)84-82(96-73)61-38-22-24-40-77(61)98-84/h3-50H,1-2H3. The van der Waals surface area contributed by atoms with Gasteiger partial charge >= 0.3 is 0 Å². The minimum atomic E-state index is -0.319. The third-order valence-corrected chi connectivity index (χ3v) is 23.0. The van der Waals surface area contributed by atoms with Crippen LogP contribution in [0.2, 0.25) is 0 Å². The highest BCUT2D eigenvalue weighted by atomic mass is 32.1. The molecule has 0 saturated heterocycles. The monoisotopic (exact) mass is 1290 g/mol. The summed E-state index contributed by atoms with van der Waals surface area (Å²) in [6.45, 7) is -0.668. The van der Waals surface area contributed by atoms with Gasteiger partial charge < -0.3 is 43.4 Å². The predicted octanol–water partition coefficient (Wildman–Crippen LogP) is 16.7. The van der Waals surface area contributed by atoms with Gasteiger partial charge in [-0.2, -0.15) is 0 Å². The van der Waals surface area contributed by atoms with E-state index in [-0.39, 0.29) is 20.1 Å². The van der Waals surface area contributed by atoms with E-state index in [1.807, 2.05) is 22.7 Å². The Morgan fingerprint density at radius 3 is 0.918 bits per heavy atom. The Balaban J connectivity index is 0.798. The van der Waals surface area contributed by atoms with Crippen LogP contribution in [0.5, 0.6) is 46.0 Å². The van der Waals surface area contributed by atoms with Crippen LogP contribution in [0.25, 0.3) is 20.2 Å². The fourth-order valence-corrected chi connectivity index (χ4v) is 18.9. The molecule has 0 fully saturated rings. The first kappa shape index (κ1) is 55.5. The van der Waals surface area contributed by atoms with Crippen molar-refractivity contribution in [2.24, 2.45) is 0 Å². The van der Waals surface area contributed by atoms with Crippen molar-refractivity contribution in [3.63, 3.8) is 0 Å². The summed E-state index contributed by atoms with van der Waals surface area (Å²) in [7, 11) is 4.42. The Morgan fingerprint density at radius 1 is 0.265 bits per heavy atom. The number of thiophene rings is 2. The number of hydrogen-bond donors (Lipinski definition) is 0. The molecule has 0 saturated carbocycles. The normalized spacial score (nSPS) is 13.4. The van der Waals surface area contributed by atoms with Crippen molar-refractivity contribution < 1.29 is 18.9 Å². The van der Waals surface area contributed by atoms with Crippen LogP contribution >= 0.6 is 22.7 Å². The summed E-state index contributed by atoms with van der Waals surface area (Å²) in [6.07, 6.45) is 0. The van der Waals surface area contributed by atoms with E-state index in [2.05, 4.69) is 330 Å². The van der Waals surface area contributed by atoms with E-state index < -0.39 is 0 Å². The molecule has 0 atom stereocenters. The first-order valence-electron chi connectivity index (χ1n) is 33.2. The van der Waals surface area contributed by atoms with Crippen molar-refractivity contribution in [3.8, 4) is 46.0 Å². The lowest BCUT2D eigenvalue weighted by Crippen LogP contribution is -2.64. The van der Waals surface area contributed by atoms with Crippen molar-refractivity contribution in [2.45, 2.75) is 0 Å². The molecular formula is C84H54B3N5O4S2. The van der Waals surface area contributed by atoms with Crippen molar-refractivity contribution >= 4 is 185 Å². The van der Waals surface area contributed by atoms with Crippen molar-refractivity contribution in [1.82, 2.24) is 0 Å². The van der Waals surface area contributed by atoms with Gasteiger partial charge in [-0.1, -0.05) is 146 Å². The summed E-state index contributed by atoms with van der Waals surface area (Å²) in [4.78, 5) is 11.7. The molecular weight excluding hydrogens is 1240 g/mol. The second kappa shape index (κ2) is 21.3. The summed E-state index contributed by atoms with van der Waals surface area (Å²) < 4.78 is 34.8. The lowest BCUT2D eigenvalue weighted by atomic mass is 9.31. The lowest BCUT2D eigenvalue weighted by molar-refractivity contribution is 0.465. The Labute approximate surface area is 575 Å². The molecule has 6 aliphatic heterocycles. The topological polar surface area (TPSA) is 53.1 Å². The largest absolute Gasteiger partial charge is 0.458 e. The van der Waals surface area contributed by atoms with Crippen LogP contribution in [0.15, 0.2) is 291 Å². The van der Waals surface area contributed by atoms with E-state index in [4.69, 9.17) is 18.9 Å². The van der Waals surface area contributed by atoms with Crippen molar-refractivity contribution in [2.75, 3.05) is 38.6 Å². The second-order valence-electron chi connectivity index (χ2n) is 25.9. The lowest BCUT2D eigenvalue weighted by Gasteiger charge is -2.42. The predicted molar refractivity (Wildman–Crippen MR) is 410 cm³/mol. The SMILES string of the molecule is CN1c2cc3c(cc2B2c4sc5ccccc5c4Oc4cc(N(c5ccccc5)c5ccccc5)cc1c42)B1c2cc4c(cc2Oc2cc(N(c5ccccc5)c5ccccc5)cc(c21)O3)N(C)c1cc(N(c2ccccc2)c2ccccc2)cc2c1B4c1sc3ccccc3c1O2. The molecule has 0 amide bonds. The van der Waals surface area contributed by atoms with E-state index in [0.717, 1.165) is 158 Å². The number of benzene rings is 13. The Kier molecular flexibility index (Phi) is 12.1. The highest BCUT2D eigenvalue weighted by Crippen LogP contribution is 2.51. The minimum absolute atomic E-state index is 0.174. The van der Waals surface area contributed by atoms with Crippen LogP contribution in [-0.2, 0) is 0 Å². The summed E-state index contributed by atoms with van der Waals surface area (Å²) in [5.74, 6) is 6.58. The van der Waals surface area contributed by atoms with Gasteiger partial charge in [-0.3, -0.25) is 0 Å². The first-order chi connectivity index (χ1) is 48.4. The first-order valence-corrected chi connectivity index (χ1v) is 34.9. The third kappa shape index (κ3) is 8.22. The van der Waals surface area contributed by atoms with Crippen molar-refractivity contribution in [1.29, 1.82) is 0 Å². The van der Waals surface area contributed by atoms with Crippen LogP contribution in [-0.4, -0.2) is 34.2 Å². The van der Waals surface area contributed by atoms with Gasteiger partial charge in [0, 0.05) is 143 Å². The van der Waals surface area contributed by atoms with Crippen LogP contribution in [0.4, 0.5) is 73.9 Å². The second-order valence-corrected chi connectivity index (χ2v) is 28.1. The number of anilines is 13. The summed E-state index contributed by atoms with van der Waals surface area (Å²) >= 11 is 3.66. The highest BCUT2D eigenvalue weighted by molar-refractivity contribution is 7.34.